The van der Waals surface area contributed by atoms with Gasteiger partial charge in [0.25, 0.3) is 8.32 Å². The fourth-order valence-corrected chi connectivity index (χ4v) is 9.69. The third-order valence-corrected chi connectivity index (χ3v) is 12.4. The molecule has 0 aliphatic rings. The summed E-state index contributed by atoms with van der Waals surface area (Å²) in [6.45, 7) is 9.09. The maximum Gasteiger partial charge on any atom is 0.323 e. The van der Waals surface area contributed by atoms with Crippen LogP contribution < -0.4 is 10.4 Å². The summed E-state index contributed by atoms with van der Waals surface area (Å²) >= 11 is 0. The van der Waals surface area contributed by atoms with Crippen LogP contribution in [0.25, 0.3) is 0 Å². The van der Waals surface area contributed by atoms with Gasteiger partial charge in [0.15, 0.2) is 5.41 Å². The van der Waals surface area contributed by atoms with Crippen molar-refractivity contribution in [2.75, 3.05) is 27.4 Å². The molecule has 2 aromatic rings. The third kappa shape index (κ3) is 8.61. The number of ether oxygens (including phenoxy) is 2. The lowest BCUT2D eigenvalue weighted by Gasteiger charge is -2.42. The second-order valence-corrected chi connectivity index (χ2v) is 15.5. The van der Waals surface area contributed by atoms with E-state index < -0.39 is 25.7 Å². The highest BCUT2D eigenvalue weighted by atomic mass is 28.4. The standard InChI is InChI=1S/C34H46O6Si/c1-28(18-17-26-35)23-25-34(31(36)38-5,32(37)39-6)24-15-7-8-16-27-40-41(33(2,3)4,29-19-11-9-12-20-29)30-21-13-10-14-22-30/h7-16,18-22,35H,17,23-27H2,1-6H3/b15-7-,16-8+,28-18-. The van der Waals surface area contributed by atoms with Gasteiger partial charge < -0.3 is 19.0 Å². The topological polar surface area (TPSA) is 82.1 Å². The summed E-state index contributed by atoms with van der Waals surface area (Å²) in [7, 11) is -0.0813. The molecule has 0 aliphatic heterocycles. The molecule has 0 aromatic heterocycles. The van der Waals surface area contributed by atoms with Crippen LogP contribution in [0.4, 0.5) is 0 Å². The molecule has 0 spiro atoms. The van der Waals surface area contributed by atoms with E-state index in [1.807, 2.05) is 43.4 Å². The van der Waals surface area contributed by atoms with Gasteiger partial charge >= 0.3 is 11.9 Å². The van der Waals surface area contributed by atoms with Gasteiger partial charge in [-0.3, -0.25) is 9.59 Å². The highest BCUT2D eigenvalue weighted by molar-refractivity contribution is 6.99. The average molecular weight is 579 g/mol. The molecule has 0 radical (unpaired) electrons. The molecule has 0 saturated carbocycles. The van der Waals surface area contributed by atoms with Gasteiger partial charge in [-0.05, 0) is 48.0 Å². The second kappa shape index (κ2) is 16.2. The highest BCUT2D eigenvalue weighted by Gasteiger charge is 2.50. The molecule has 0 heterocycles. The Labute approximate surface area is 246 Å². The van der Waals surface area contributed by atoms with Crippen molar-refractivity contribution in [1.29, 1.82) is 0 Å². The van der Waals surface area contributed by atoms with Gasteiger partial charge in [-0.2, -0.15) is 0 Å². The van der Waals surface area contributed by atoms with Crippen molar-refractivity contribution in [3.05, 3.63) is 96.6 Å². The summed E-state index contributed by atoms with van der Waals surface area (Å²) in [5.41, 5.74) is -0.464. The lowest BCUT2D eigenvalue weighted by molar-refractivity contribution is -0.169. The molecular weight excluding hydrogens is 532 g/mol. The Balaban J connectivity index is 2.25. The lowest BCUT2D eigenvalue weighted by atomic mass is 9.78. The first-order chi connectivity index (χ1) is 19.6. The average Bonchev–Trinajstić information content (AvgIpc) is 2.98. The molecule has 0 bridgehead atoms. The van der Waals surface area contributed by atoms with Crippen LogP contribution in [0.5, 0.6) is 0 Å². The van der Waals surface area contributed by atoms with E-state index in [4.69, 9.17) is 19.0 Å². The first kappa shape index (κ1) is 33.9. The van der Waals surface area contributed by atoms with Crippen LogP contribution >= 0.6 is 0 Å². The normalized spacial score (nSPS) is 13.1. The van der Waals surface area contributed by atoms with Crippen LogP contribution in [0.1, 0.15) is 53.4 Å². The van der Waals surface area contributed by atoms with E-state index in [0.717, 1.165) is 5.57 Å². The van der Waals surface area contributed by atoms with Gasteiger partial charge in [0.05, 0.1) is 20.8 Å². The summed E-state index contributed by atoms with van der Waals surface area (Å²) in [6, 6.07) is 20.9. The minimum absolute atomic E-state index is 0.0470. The summed E-state index contributed by atoms with van der Waals surface area (Å²) in [5, 5.41) is 11.4. The number of hydrogen-bond acceptors (Lipinski definition) is 6. The Kier molecular flexibility index (Phi) is 13.5. The summed E-state index contributed by atoms with van der Waals surface area (Å²) in [5.74, 6) is -1.24. The zero-order chi connectivity index (χ0) is 30.4. The summed E-state index contributed by atoms with van der Waals surface area (Å²) in [4.78, 5) is 25.7. The maximum atomic E-state index is 12.9. The number of aliphatic hydroxyl groups excluding tert-OH is 1. The van der Waals surface area contributed by atoms with Crippen molar-refractivity contribution in [3.8, 4) is 0 Å². The number of aliphatic hydroxyl groups is 1. The van der Waals surface area contributed by atoms with Crippen molar-refractivity contribution in [3.63, 3.8) is 0 Å². The number of methoxy groups -OCH3 is 2. The molecule has 0 atom stereocenters. The minimum Gasteiger partial charge on any atom is -0.468 e. The SMILES string of the molecule is COC(=O)C(C/C=C\C=C\CO[Si](c1ccccc1)(c1ccccc1)C(C)(C)C)(CC/C(C)=C\CCO)C(=O)OC. The molecule has 0 unspecified atom stereocenters. The molecule has 0 amide bonds. The van der Waals surface area contributed by atoms with Gasteiger partial charge in [-0.25, -0.2) is 0 Å². The van der Waals surface area contributed by atoms with E-state index in [1.165, 1.54) is 24.6 Å². The molecule has 1 N–H and O–H groups in total. The van der Waals surface area contributed by atoms with Crippen LogP contribution in [-0.2, 0) is 23.5 Å². The van der Waals surface area contributed by atoms with Crippen molar-refractivity contribution < 1.29 is 28.6 Å². The Hall–Kier alpha value is -3.26. The maximum absolute atomic E-state index is 12.9. The molecule has 222 valence electrons. The van der Waals surface area contributed by atoms with Crippen LogP contribution in [0.2, 0.25) is 5.04 Å². The number of allylic oxidation sites excluding steroid dienone is 4. The number of carbonyl (C=O) groups is 2. The first-order valence-corrected chi connectivity index (χ1v) is 16.0. The molecule has 6 nitrogen and oxygen atoms in total. The molecule has 0 saturated heterocycles. The smallest absolute Gasteiger partial charge is 0.323 e. The number of esters is 2. The van der Waals surface area contributed by atoms with E-state index in [0.29, 0.717) is 19.4 Å². The van der Waals surface area contributed by atoms with Crippen molar-refractivity contribution in [1.82, 2.24) is 0 Å². The predicted octanol–water partition coefficient (Wildman–Crippen LogP) is 5.51. The number of hydrogen-bond donors (Lipinski definition) is 1. The van der Waals surface area contributed by atoms with Crippen LogP contribution in [0.15, 0.2) is 96.6 Å². The molecule has 7 heteroatoms. The summed E-state index contributed by atoms with van der Waals surface area (Å²) < 4.78 is 16.9. The number of carbonyl (C=O) groups excluding carboxylic acids is 2. The van der Waals surface area contributed by atoms with Gasteiger partial charge in [-0.15, -0.1) is 0 Å². The molecule has 2 rings (SSSR count). The van der Waals surface area contributed by atoms with Crippen molar-refractivity contribution in [2.24, 2.45) is 5.41 Å². The Bertz CT molecular complexity index is 1120. The Morgan fingerprint density at radius 2 is 1.37 bits per heavy atom. The van der Waals surface area contributed by atoms with E-state index >= 15 is 0 Å². The van der Waals surface area contributed by atoms with Crippen molar-refractivity contribution in [2.45, 2.75) is 58.4 Å². The first-order valence-electron chi connectivity index (χ1n) is 14.1. The minimum atomic E-state index is -2.64. The van der Waals surface area contributed by atoms with Gasteiger partial charge in [0.1, 0.15) is 0 Å². The van der Waals surface area contributed by atoms with Gasteiger partial charge in [0.2, 0.25) is 0 Å². The Morgan fingerprint density at radius 1 is 0.854 bits per heavy atom. The Morgan fingerprint density at radius 3 is 1.83 bits per heavy atom. The van der Waals surface area contributed by atoms with Gasteiger partial charge in [-0.1, -0.05) is 117 Å². The van der Waals surface area contributed by atoms with Crippen LogP contribution in [0.3, 0.4) is 0 Å². The number of rotatable bonds is 15. The van der Waals surface area contributed by atoms with Crippen molar-refractivity contribution >= 4 is 30.6 Å². The van der Waals surface area contributed by atoms with Crippen LogP contribution in [0, 0.1) is 5.41 Å². The predicted molar refractivity (Wildman–Crippen MR) is 168 cm³/mol. The summed E-state index contributed by atoms with van der Waals surface area (Å²) in [6.07, 6.45) is 10.8. The fourth-order valence-electron chi connectivity index (χ4n) is 5.19. The monoisotopic (exact) mass is 578 g/mol. The van der Waals surface area contributed by atoms with E-state index in [1.54, 1.807) is 6.08 Å². The van der Waals surface area contributed by atoms with E-state index in [9.17, 15) is 9.59 Å². The zero-order valence-corrected chi connectivity index (χ0v) is 26.4. The van der Waals surface area contributed by atoms with E-state index in [2.05, 4.69) is 69.3 Å². The molecule has 0 fully saturated rings. The third-order valence-electron chi connectivity index (χ3n) is 7.38. The molecule has 41 heavy (non-hydrogen) atoms. The second-order valence-electron chi connectivity index (χ2n) is 11.2. The quantitative estimate of drug-likeness (QED) is 0.0987. The largest absolute Gasteiger partial charge is 0.468 e. The molecule has 0 aliphatic carbocycles. The van der Waals surface area contributed by atoms with Crippen LogP contribution in [-0.4, -0.2) is 52.8 Å². The zero-order valence-electron chi connectivity index (χ0n) is 25.4. The lowest BCUT2D eigenvalue weighted by Crippen LogP contribution is -2.66. The van der Waals surface area contributed by atoms with Gasteiger partial charge in [0, 0.05) is 6.61 Å². The number of benzene rings is 2. The van der Waals surface area contributed by atoms with E-state index in [-0.39, 0.29) is 24.5 Å². The molecular formula is C34H46O6Si. The molecule has 2 aromatic carbocycles. The fraction of sp³-hybridized carbons (Fsp3) is 0.412. The highest BCUT2D eigenvalue weighted by Crippen LogP contribution is 2.37.